The minimum atomic E-state index is -3.59. The molecule has 4 N–H and O–H groups in total. The van der Waals surface area contributed by atoms with Crippen molar-refractivity contribution >= 4 is 33.3 Å². The van der Waals surface area contributed by atoms with Gasteiger partial charge in [0.15, 0.2) is 0 Å². The lowest BCUT2D eigenvalue weighted by Gasteiger charge is -2.45. The summed E-state index contributed by atoms with van der Waals surface area (Å²) in [6.45, 7) is 3.55. The third-order valence-electron chi connectivity index (χ3n) is 8.79. The lowest BCUT2D eigenvalue weighted by Crippen LogP contribution is -2.49. The summed E-state index contributed by atoms with van der Waals surface area (Å²) in [5.41, 5.74) is 3.15. The number of sulfonamides is 1. The zero-order chi connectivity index (χ0) is 28.7. The molecule has 1 spiro atoms. The fourth-order valence-corrected chi connectivity index (χ4v) is 7.71. The highest BCUT2D eigenvalue weighted by Crippen LogP contribution is 2.46. The van der Waals surface area contributed by atoms with Gasteiger partial charge in [-0.2, -0.15) is 0 Å². The van der Waals surface area contributed by atoms with Crippen molar-refractivity contribution < 1.29 is 28.2 Å². The van der Waals surface area contributed by atoms with Crippen molar-refractivity contribution in [3.8, 4) is 5.75 Å². The van der Waals surface area contributed by atoms with Gasteiger partial charge in [-0.25, -0.2) is 18.4 Å². The van der Waals surface area contributed by atoms with Crippen molar-refractivity contribution in [3.05, 3.63) is 70.3 Å². The molecule has 0 amide bonds. The summed E-state index contributed by atoms with van der Waals surface area (Å²) in [6.07, 6.45) is 7.41. The van der Waals surface area contributed by atoms with Crippen LogP contribution in [-0.4, -0.2) is 56.2 Å². The van der Waals surface area contributed by atoms with E-state index in [-0.39, 0.29) is 34.5 Å². The number of carboxylic acid groups (broad SMARTS) is 1. The van der Waals surface area contributed by atoms with E-state index in [1.807, 2.05) is 12.1 Å². The van der Waals surface area contributed by atoms with Crippen molar-refractivity contribution in [3.63, 3.8) is 0 Å². The van der Waals surface area contributed by atoms with Crippen LogP contribution >= 0.6 is 11.6 Å². The fourth-order valence-electron chi connectivity index (χ4n) is 6.67. The van der Waals surface area contributed by atoms with E-state index >= 15 is 0 Å². The number of carbonyl (C=O) groups is 1. The normalized spacial score (nSPS) is 25.9. The minimum Gasteiger partial charge on any atom is -0.490 e. The number of ether oxygens (including phenoxy) is 1. The first-order valence-corrected chi connectivity index (χ1v) is 15.9. The Morgan fingerprint density at radius 3 is 2.75 bits per heavy atom. The van der Waals surface area contributed by atoms with Gasteiger partial charge < -0.3 is 19.8 Å². The maximum atomic E-state index is 11.9. The average Bonchev–Trinajstić information content (AvgIpc) is 3.01. The predicted molar refractivity (Wildman–Crippen MR) is 156 cm³/mol. The van der Waals surface area contributed by atoms with Crippen molar-refractivity contribution in [2.75, 3.05) is 30.3 Å². The molecule has 0 unspecified atom stereocenters. The fraction of sp³-hybridized carbons (Fsp3) is 0.500. The molecule has 216 valence electrons. The molecule has 1 fully saturated rings. The molecule has 5 atom stereocenters. The maximum absolute atomic E-state index is 11.9. The molecule has 1 heterocycles. The van der Waals surface area contributed by atoms with E-state index in [4.69, 9.17) is 21.5 Å². The number of aromatic carboxylic acids is 1. The number of halogens is 1. The SMILES string of the molecule is C[C@H](/C=C/[C@H](O)[C@@H]1CC[C@H]1CN1C[C@@]2(CCCc3cc(Cl)ccc32)COc2ccc(C(=O)O)cc21)CS(N)(=O)=O. The topological polar surface area (TPSA) is 130 Å². The first-order valence-electron chi connectivity index (χ1n) is 13.8. The number of aliphatic hydroxyl groups is 1. The lowest BCUT2D eigenvalue weighted by atomic mass is 9.68. The Kier molecular flexibility index (Phi) is 8.21. The number of fused-ring (bicyclic) bond motifs is 3. The maximum Gasteiger partial charge on any atom is 0.335 e. The smallest absolute Gasteiger partial charge is 0.335 e. The number of nitrogens with two attached hydrogens (primary N) is 1. The Hall–Kier alpha value is -2.59. The highest BCUT2D eigenvalue weighted by molar-refractivity contribution is 7.89. The molecular formula is C30H37ClN2O6S. The van der Waals surface area contributed by atoms with Gasteiger partial charge in [-0.15, -0.1) is 0 Å². The molecule has 2 aromatic rings. The van der Waals surface area contributed by atoms with Crippen LogP contribution in [0, 0.1) is 17.8 Å². The van der Waals surface area contributed by atoms with E-state index < -0.39 is 22.1 Å². The molecule has 3 aliphatic rings. The summed E-state index contributed by atoms with van der Waals surface area (Å²) in [7, 11) is -3.59. The number of primary sulfonamides is 1. The number of allylic oxidation sites excluding steroid dienone is 1. The van der Waals surface area contributed by atoms with E-state index in [0.717, 1.165) is 37.8 Å². The number of aliphatic hydroxyl groups excluding tert-OH is 1. The van der Waals surface area contributed by atoms with Gasteiger partial charge in [0, 0.05) is 23.5 Å². The van der Waals surface area contributed by atoms with Gasteiger partial charge in [-0.1, -0.05) is 36.7 Å². The molecule has 0 bridgehead atoms. The monoisotopic (exact) mass is 588 g/mol. The number of hydrogen-bond acceptors (Lipinski definition) is 6. The van der Waals surface area contributed by atoms with Crippen LogP contribution in [0.4, 0.5) is 5.69 Å². The number of benzene rings is 2. The molecule has 1 saturated carbocycles. The number of rotatable bonds is 8. The summed E-state index contributed by atoms with van der Waals surface area (Å²) in [5.74, 6) is -0.604. The quantitative estimate of drug-likeness (QED) is 0.390. The molecule has 2 aromatic carbocycles. The van der Waals surface area contributed by atoms with E-state index in [1.165, 1.54) is 11.1 Å². The number of carboxylic acids is 1. The molecule has 8 nitrogen and oxygen atoms in total. The molecular weight excluding hydrogens is 552 g/mol. The average molecular weight is 589 g/mol. The molecule has 0 aromatic heterocycles. The van der Waals surface area contributed by atoms with Crippen LogP contribution in [0.5, 0.6) is 5.75 Å². The largest absolute Gasteiger partial charge is 0.490 e. The van der Waals surface area contributed by atoms with Gasteiger partial charge in [0.1, 0.15) is 5.75 Å². The Bertz CT molecular complexity index is 1410. The van der Waals surface area contributed by atoms with Crippen molar-refractivity contribution in [2.24, 2.45) is 22.9 Å². The first kappa shape index (κ1) is 28.9. The Morgan fingerprint density at radius 1 is 1.25 bits per heavy atom. The van der Waals surface area contributed by atoms with E-state index in [1.54, 1.807) is 37.3 Å². The number of nitrogens with zero attached hydrogens (tertiary/aromatic N) is 1. The van der Waals surface area contributed by atoms with Crippen LogP contribution in [-0.2, 0) is 21.9 Å². The first-order chi connectivity index (χ1) is 18.9. The van der Waals surface area contributed by atoms with Gasteiger partial charge >= 0.3 is 5.97 Å². The second-order valence-corrected chi connectivity index (χ2v) is 13.9. The van der Waals surface area contributed by atoms with Crippen molar-refractivity contribution in [2.45, 2.75) is 50.5 Å². The highest BCUT2D eigenvalue weighted by Gasteiger charge is 2.44. The summed E-state index contributed by atoms with van der Waals surface area (Å²) in [6, 6.07) is 11.1. The standard InChI is InChI=1S/C30H37ClN2O6S/c1-19(16-40(32,37)38)4-10-27(34)24-8-5-22(24)15-33-17-30(12-2-3-20-13-23(31)7-9-25(20)30)18-39-28-11-6-21(29(35)36)14-26(28)33/h4,6-7,9-11,13-14,19,22,24,27,34H,2-3,5,8,12,15-18H2,1H3,(H,35,36)(H2,32,37,38)/b10-4+/t19-,22+,24-,27+,30+/m1/s1. The van der Waals surface area contributed by atoms with Gasteiger partial charge in [-0.3, -0.25) is 0 Å². The van der Waals surface area contributed by atoms with Crippen molar-refractivity contribution in [1.82, 2.24) is 0 Å². The molecule has 0 radical (unpaired) electrons. The minimum absolute atomic E-state index is 0.0154. The number of aryl methyl sites for hydroxylation is 1. The molecule has 2 aliphatic carbocycles. The van der Waals surface area contributed by atoms with E-state index in [0.29, 0.717) is 30.5 Å². The Morgan fingerprint density at radius 2 is 2.05 bits per heavy atom. The molecule has 1 aliphatic heterocycles. The van der Waals surface area contributed by atoms with E-state index in [2.05, 4.69) is 11.0 Å². The van der Waals surface area contributed by atoms with Crippen molar-refractivity contribution in [1.29, 1.82) is 0 Å². The van der Waals surface area contributed by atoms with E-state index in [9.17, 15) is 23.4 Å². The number of anilines is 1. The Balaban J connectivity index is 1.42. The third kappa shape index (κ3) is 6.17. The second kappa shape index (κ2) is 11.4. The summed E-state index contributed by atoms with van der Waals surface area (Å²) in [5, 5.41) is 26.6. The number of hydrogen-bond donors (Lipinski definition) is 3. The zero-order valence-corrected chi connectivity index (χ0v) is 24.2. The highest BCUT2D eigenvalue weighted by atomic mass is 35.5. The lowest BCUT2D eigenvalue weighted by molar-refractivity contribution is 0.0455. The third-order valence-corrected chi connectivity index (χ3v) is 10.0. The Labute approximate surface area is 240 Å². The van der Waals surface area contributed by atoms with Gasteiger partial charge in [0.2, 0.25) is 10.0 Å². The van der Waals surface area contributed by atoms with Gasteiger partial charge in [-0.05, 0) is 91.3 Å². The van der Waals surface area contributed by atoms with Crippen LogP contribution < -0.4 is 14.8 Å². The molecule has 0 saturated heterocycles. The van der Waals surface area contributed by atoms with Gasteiger partial charge in [0.05, 0.1) is 29.7 Å². The van der Waals surface area contributed by atoms with Crippen LogP contribution in [0.15, 0.2) is 48.6 Å². The van der Waals surface area contributed by atoms with Crippen LogP contribution in [0.25, 0.3) is 0 Å². The molecule has 5 rings (SSSR count). The van der Waals surface area contributed by atoms with Gasteiger partial charge in [0.25, 0.3) is 0 Å². The second-order valence-electron chi connectivity index (χ2n) is 11.8. The predicted octanol–water partition coefficient (Wildman–Crippen LogP) is 4.38. The van der Waals surface area contributed by atoms with Crippen LogP contribution in [0.3, 0.4) is 0 Å². The summed E-state index contributed by atoms with van der Waals surface area (Å²) in [4.78, 5) is 14.1. The van der Waals surface area contributed by atoms with Crippen LogP contribution in [0.1, 0.15) is 54.1 Å². The summed E-state index contributed by atoms with van der Waals surface area (Å²) >= 11 is 6.34. The summed E-state index contributed by atoms with van der Waals surface area (Å²) < 4.78 is 29.2. The zero-order valence-electron chi connectivity index (χ0n) is 22.6. The molecule has 40 heavy (non-hydrogen) atoms. The molecule has 10 heteroatoms. The van der Waals surface area contributed by atoms with Crippen LogP contribution in [0.2, 0.25) is 5.02 Å².